The lowest BCUT2D eigenvalue weighted by Crippen LogP contribution is -2.13. The molecule has 0 aliphatic carbocycles. The van der Waals surface area contributed by atoms with Crippen LogP contribution in [0.5, 0.6) is 0 Å². The van der Waals surface area contributed by atoms with Gasteiger partial charge in [0, 0.05) is 16.3 Å². The molecular weight excluding hydrogens is 210 g/mol. The Bertz CT molecular complexity index is 368. The Labute approximate surface area is 94.9 Å². The van der Waals surface area contributed by atoms with Crippen LogP contribution in [0.2, 0.25) is 5.02 Å². The number of benzene rings is 1. The molecule has 0 saturated carbocycles. The zero-order valence-electron chi connectivity index (χ0n) is 8.88. The largest absolute Gasteiger partial charge is 0.322 e. The Kier molecular flexibility index (Phi) is 4.37. The first-order chi connectivity index (χ1) is 7.17. The summed E-state index contributed by atoms with van der Waals surface area (Å²) < 4.78 is 0. The van der Waals surface area contributed by atoms with Crippen LogP contribution in [-0.2, 0) is 4.79 Å². The van der Waals surface area contributed by atoms with E-state index in [4.69, 9.17) is 11.6 Å². The maximum Gasteiger partial charge on any atom is 0.251 e. The summed E-state index contributed by atoms with van der Waals surface area (Å²) >= 11 is 5.74. The molecular formula is C12H14ClNO. The Balaban J connectivity index is 2.70. The monoisotopic (exact) mass is 223 g/mol. The van der Waals surface area contributed by atoms with Crippen LogP contribution in [0.4, 0.5) is 5.69 Å². The quantitative estimate of drug-likeness (QED) is 0.779. The molecule has 0 aliphatic heterocycles. The Morgan fingerprint density at radius 3 is 2.47 bits per heavy atom. The van der Waals surface area contributed by atoms with Gasteiger partial charge >= 0.3 is 0 Å². The van der Waals surface area contributed by atoms with Gasteiger partial charge in [-0.2, -0.15) is 0 Å². The highest BCUT2D eigenvalue weighted by Gasteiger charge is 2.05. The number of nitrogens with one attached hydrogen (secondary N) is 1. The van der Waals surface area contributed by atoms with E-state index in [1.165, 1.54) is 0 Å². The third kappa shape index (κ3) is 3.40. The summed E-state index contributed by atoms with van der Waals surface area (Å²) in [7, 11) is 0. The van der Waals surface area contributed by atoms with Gasteiger partial charge in [-0.1, -0.05) is 24.6 Å². The van der Waals surface area contributed by atoms with Crippen molar-refractivity contribution >= 4 is 23.2 Å². The first-order valence-electron chi connectivity index (χ1n) is 4.89. The second-order valence-corrected chi connectivity index (χ2v) is 3.56. The van der Waals surface area contributed by atoms with Crippen molar-refractivity contribution in [2.75, 3.05) is 5.32 Å². The van der Waals surface area contributed by atoms with Gasteiger partial charge in [0.1, 0.15) is 0 Å². The molecule has 0 aliphatic rings. The van der Waals surface area contributed by atoms with Crippen LogP contribution >= 0.6 is 11.6 Å². The van der Waals surface area contributed by atoms with E-state index >= 15 is 0 Å². The zero-order valence-corrected chi connectivity index (χ0v) is 9.64. The van der Waals surface area contributed by atoms with E-state index in [9.17, 15) is 4.79 Å². The summed E-state index contributed by atoms with van der Waals surface area (Å²) in [5.74, 6) is -0.0534. The summed E-state index contributed by atoms with van der Waals surface area (Å²) in [6.07, 6.45) is 2.56. The maximum absolute atomic E-state index is 11.6. The van der Waals surface area contributed by atoms with Gasteiger partial charge in [-0.05, 0) is 37.6 Å². The summed E-state index contributed by atoms with van der Waals surface area (Å²) in [5.41, 5.74) is 1.54. The van der Waals surface area contributed by atoms with Gasteiger partial charge in [-0.3, -0.25) is 4.79 Å². The van der Waals surface area contributed by atoms with Crippen molar-refractivity contribution < 1.29 is 4.79 Å². The van der Waals surface area contributed by atoms with E-state index in [1.54, 1.807) is 24.3 Å². The van der Waals surface area contributed by atoms with Crippen LogP contribution in [0.15, 0.2) is 35.9 Å². The zero-order chi connectivity index (χ0) is 11.3. The number of rotatable bonds is 3. The highest BCUT2D eigenvalue weighted by Crippen LogP contribution is 2.14. The second kappa shape index (κ2) is 5.56. The molecule has 2 nitrogen and oxygen atoms in total. The van der Waals surface area contributed by atoms with Gasteiger partial charge in [-0.25, -0.2) is 0 Å². The van der Waals surface area contributed by atoms with Crippen molar-refractivity contribution in [3.63, 3.8) is 0 Å². The van der Waals surface area contributed by atoms with E-state index in [0.29, 0.717) is 5.02 Å². The Morgan fingerprint density at radius 1 is 1.40 bits per heavy atom. The first kappa shape index (κ1) is 11.8. The minimum atomic E-state index is -0.0534. The first-order valence-corrected chi connectivity index (χ1v) is 5.27. The molecule has 0 saturated heterocycles. The summed E-state index contributed by atoms with van der Waals surface area (Å²) in [6, 6.07) is 7.06. The number of halogens is 1. The van der Waals surface area contributed by atoms with E-state index in [-0.39, 0.29) is 5.91 Å². The van der Waals surface area contributed by atoms with Crippen molar-refractivity contribution in [2.24, 2.45) is 0 Å². The normalized spacial score (nSPS) is 11.3. The number of anilines is 1. The maximum atomic E-state index is 11.6. The number of hydrogen-bond donors (Lipinski definition) is 1. The molecule has 1 rings (SSSR count). The highest BCUT2D eigenvalue weighted by molar-refractivity contribution is 6.30. The van der Waals surface area contributed by atoms with Crippen molar-refractivity contribution in [1.29, 1.82) is 0 Å². The fraction of sp³-hybridized carbons (Fsp3) is 0.250. The number of allylic oxidation sites excluding steroid dienone is 1. The molecule has 0 radical (unpaired) electrons. The number of amides is 1. The van der Waals surface area contributed by atoms with Crippen molar-refractivity contribution in [3.8, 4) is 0 Å². The van der Waals surface area contributed by atoms with Gasteiger partial charge in [0.2, 0.25) is 0 Å². The molecule has 0 spiro atoms. The Morgan fingerprint density at radius 2 is 2.00 bits per heavy atom. The van der Waals surface area contributed by atoms with Crippen LogP contribution in [0, 0.1) is 0 Å². The molecule has 0 atom stereocenters. The van der Waals surface area contributed by atoms with E-state index < -0.39 is 0 Å². The third-order valence-corrected chi connectivity index (χ3v) is 2.38. The van der Waals surface area contributed by atoms with Crippen LogP contribution < -0.4 is 5.32 Å². The van der Waals surface area contributed by atoms with Gasteiger partial charge in [-0.15, -0.1) is 0 Å². The fourth-order valence-electron chi connectivity index (χ4n) is 1.24. The SMILES string of the molecule is C/C=C(\CC)C(=O)Nc1ccc(Cl)cc1. The average Bonchev–Trinajstić information content (AvgIpc) is 2.23. The number of carbonyl (C=O) groups is 1. The average molecular weight is 224 g/mol. The molecule has 0 fully saturated rings. The van der Waals surface area contributed by atoms with Crippen molar-refractivity contribution in [1.82, 2.24) is 0 Å². The molecule has 0 aromatic heterocycles. The minimum Gasteiger partial charge on any atom is -0.322 e. The topological polar surface area (TPSA) is 29.1 Å². The molecule has 1 aromatic rings. The lowest BCUT2D eigenvalue weighted by Gasteiger charge is -2.06. The van der Waals surface area contributed by atoms with Gasteiger partial charge in [0.05, 0.1) is 0 Å². The van der Waals surface area contributed by atoms with Crippen LogP contribution in [0.1, 0.15) is 20.3 Å². The predicted molar refractivity (Wildman–Crippen MR) is 64.1 cm³/mol. The van der Waals surface area contributed by atoms with E-state index in [1.807, 2.05) is 19.9 Å². The van der Waals surface area contributed by atoms with Crippen LogP contribution in [-0.4, -0.2) is 5.91 Å². The number of carbonyl (C=O) groups excluding carboxylic acids is 1. The predicted octanol–water partition coefficient (Wildman–Crippen LogP) is 3.63. The molecule has 1 N–H and O–H groups in total. The smallest absolute Gasteiger partial charge is 0.251 e. The van der Waals surface area contributed by atoms with Crippen molar-refractivity contribution in [2.45, 2.75) is 20.3 Å². The van der Waals surface area contributed by atoms with E-state index in [2.05, 4.69) is 5.32 Å². The summed E-state index contributed by atoms with van der Waals surface area (Å²) in [6.45, 7) is 3.82. The summed E-state index contributed by atoms with van der Waals surface area (Å²) in [5, 5.41) is 3.47. The molecule has 15 heavy (non-hydrogen) atoms. The number of hydrogen-bond acceptors (Lipinski definition) is 1. The fourth-order valence-corrected chi connectivity index (χ4v) is 1.37. The molecule has 1 aromatic carbocycles. The van der Waals surface area contributed by atoms with Gasteiger partial charge in [0.25, 0.3) is 5.91 Å². The lowest BCUT2D eigenvalue weighted by atomic mass is 10.2. The minimum absolute atomic E-state index is 0.0534. The summed E-state index contributed by atoms with van der Waals surface area (Å²) in [4.78, 5) is 11.6. The molecule has 0 bridgehead atoms. The molecule has 1 amide bonds. The van der Waals surface area contributed by atoms with Crippen LogP contribution in [0.25, 0.3) is 0 Å². The standard InChI is InChI=1S/C12H14ClNO/c1-3-9(4-2)12(15)14-11-7-5-10(13)6-8-11/h3,5-8H,4H2,1-2H3,(H,14,15)/b9-3+. The van der Waals surface area contributed by atoms with Crippen LogP contribution in [0.3, 0.4) is 0 Å². The molecule has 80 valence electrons. The van der Waals surface area contributed by atoms with Gasteiger partial charge in [0.15, 0.2) is 0 Å². The van der Waals surface area contributed by atoms with Crippen molar-refractivity contribution in [3.05, 3.63) is 40.9 Å². The van der Waals surface area contributed by atoms with Gasteiger partial charge < -0.3 is 5.32 Å². The molecule has 0 heterocycles. The molecule has 0 unspecified atom stereocenters. The molecule has 3 heteroatoms. The lowest BCUT2D eigenvalue weighted by molar-refractivity contribution is -0.113. The second-order valence-electron chi connectivity index (χ2n) is 3.13. The highest BCUT2D eigenvalue weighted by atomic mass is 35.5. The third-order valence-electron chi connectivity index (χ3n) is 2.12. The van der Waals surface area contributed by atoms with E-state index in [0.717, 1.165) is 17.7 Å². The Hall–Kier alpha value is -1.28.